The minimum Gasteiger partial charge on any atom is -0.379 e. The molecule has 1 aromatic carbocycles. The van der Waals surface area contributed by atoms with Crippen LogP contribution < -0.4 is 15.6 Å². The van der Waals surface area contributed by atoms with Crippen molar-refractivity contribution in [3.63, 3.8) is 0 Å². The highest BCUT2D eigenvalue weighted by atomic mass is 35.5. The van der Waals surface area contributed by atoms with Gasteiger partial charge in [0.15, 0.2) is 0 Å². The van der Waals surface area contributed by atoms with E-state index in [1.807, 2.05) is 5.43 Å². The molecule has 0 saturated carbocycles. The van der Waals surface area contributed by atoms with Gasteiger partial charge in [-0.3, -0.25) is 24.4 Å². The van der Waals surface area contributed by atoms with Crippen LogP contribution in [0.4, 0.5) is 10.1 Å². The van der Waals surface area contributed by atoms with E-state index in [2.05, 4.69) is 9.88 Å². The number of nitrogens with two attached hydrogens (primary N) is 1. The van der Waals surface area contributed by atoms with Crippen LogP contribution in [-0.2, 0) is 21.3 Å². The van der Waals surface area contributed by atoms with Crippen molar-refractivity contribution in [2.45, 2.75) is 13.0 Å². The topological polar surface area (TPSA) is 118 Å². The molecule has 1 amide bonds. The maximum Gasteiger partial charge on any atom is 0.266 e. The Morgan fingerprint density at radius 3 is 2.66 bits per heavy atom. The number of benzene rings is 1. The number of hydrazine groups is 1. The summed E-state index contributed by atoms with van der Waals surface area (Å²) < 4.78 is 46.6. The first kappa shape index (κ1) is 24.3. The van der Waals surface area contributed by atoms with Crippen LogP contribution >= 0.6 is 11.6 Å². The second kappa shape index (κ2) is 11.0. The Labute approximate surface area is 191 Å². The van der Waals surface area contributed by atoms with E-state index in [1.54, 1.807) is 0 Å². The Hall–Kier alpha value is -2.31. The van der Waals surface area contributed by atoms with Crippen molar-refractivity contribution in [2.75, 3.05) is 42.9 Å². The number of nitrogens with zero attached hydrogens (tertiary/aromatic N) is 3. The number of ether oxygens (including phenoxy) is 1. The average molecular weight is 486 g/mol. The van der Waals surface area contributed by atoms with Gasteiger partial charge in [-0.1, -0.05) is 11.6 Å². The Balaban J connectivity index is 1.79. The summed E-state index contributed by atoms with van der Waals surface area (Å²) in [5.74, 6) is 3.85. The first-order valence-corrected chi connectivity index (χ1v) is 12.0. The molecule has 1 fully saturated rings. The van der Waals surface area contributed by atoms with E-state index >= 15 is 0 Å². The molecule has 1 aliphatic rings. The third-order valence-electron chi connectivity index (χ3n) is 5.03. The minimum absolute atomic E-state index is 0.104. The van der Waals surface area contributed by atoms with Crippen molar-refractivity contribution in [1.82, 2.24) is 15.3 Å². The number of pyridine rings is 1. The van der Waals surface area contributed by atoms with Crippen molar-refractivity contribution in [3.05, 3.63) is 58.6 Å². The second-order valence-electron chi connectivity index (χ2n) is 7.24. The number of rotatable bonds is 9. The summed E-state index contributed by atoms with van der Waals surface area (Å²) in [5, 5.41) is -0.182. The molecule has 0 bridgehead atoms. The second-order valence-corrected chi connectivity index (χ2v) is 9.66. The van der Waals surface area contributed by atoms with Crippen molar-refractivity contribution in [1.29, 1.82) is 0 Å². The zero-order chi connectivity index (χ0) is 23.1. The Morgan fingerprint density at radius 1 is 1.28 bits per heavy atom. The Morgan fingerprint density at radius 2 is 2.03 bits per heavy atom. The van der Waals surface area contributed by atoms with E-state index in [0.29, 0.717) is 31.9 Å². The Bertz CT molecular complexity index is 1030. The normalized spacial score (nSPS) is 14.8. The van der Waals surface area contributed by atoms with Crippen LogP contribution in [0, 0.1) is 5.82 Å². The molecule has 2 aromatic rings. The molecule has 174 valence electrons. The fraction of sp³-hybridized carbons (Fsp3) is 0.400. The first-order chi connectivity index (χ1) is 15.3. The van der Waals surface area contributed by atoms with Gasteiger partial charge < -0.3 is 4.74 Å². The van der Waals surface area contributed by atoms with Crippen molar-refractivity contribution in [3.8, 4) is 0 Å². The largest absolute Gasteiger partial charge is 0.379 e. The van der Waals surface area contributed by atoms with Crippen LogP contribution in [0.3, 0.4) is 0 Å². The number of hydrogen-bond donors (Lipinski definition) is 2. The summed E-state index contributed by atoms with van der Waals surface area (Å²) in [5.41, 5.74) is 2.87. The third kappa shape index (κ3) is 6.36. The molecular weight excluding hydrogens is 461 g/mol. The smallest absolute Gasteiger partial charge is 0.266 e. The van der Waals surface area contributed by atoms with E-state index < -0.39 is 21.7 Å². The molecule has 0 aliphatic carbocycles. The number of carbonyl (C=O) groups excluding carboxylic acids is 1. The molecule has 3 rings (SSSR count). The van der Waals surface area contributed by atoms with Gasteiger partial charge in [-0.15, -0.1) is 0 Å². The number of aromatic nitrogens is 1. The van der Waals surface area contributed by atoms with Crippen LogP contribution in [-0.4, -0.2) is 62.8 Å². The highest BCUT2D eigenvalue weighted by Gasteiger charge is 2.25. The van der Waals surface area contributed by atoms with Crippen LogP contribution in [0.5, 0.6) is 0 Å². The standard InChI is InChI=1S/C20H25ClFN5O4S/c21-18-12-17(4-5-19(18)22)27(14-16-3-2-15(13-24-16)20(28)25-23)32(29,30)11-1-6-26-7-9-31-10-8-26/h2-5,12-13H,1,6-11,14,23H2,(H,25,28). The zero-order valence-electron chi connectivity index (χ0n) is 17.3. The lowest BCUT2D eigenvalue weighted by Crippen LogP contribution is -2.38. The number of morpholine rings is 1. The summed E-state index contributed by atoms with van der Waals surface area (Å²) in [4.78, 5) is 17.9. The van der Waals surface area contributed by atoms with Crippen LogP contribution in [0.15, 0.2) is 36.5 Å². The molecule has 2 heterocycles. The lowest BCUT2D eigenvalue weighted by Gasteiger charge is -2.28. The summed E-state index contributed by atoms with van der Waals surface area (Å²) in [6, 6.07) is 6.77. The van der Waals surface area contributed by atoms with Crippen molar-refractivity contribution < 1.29 is 22.3 Å². The highest BCUT2D eigenvalue weighted by Crippen LogP contribution is 2.26. The SMILES string of the molecule is NNC(=O)c1ccc(CN(c2ccc(F)c(Cl)c2)S(=O)(=O)CCCN2CCOCC2)nc1. The number of halogens is 2. The number of amides is 1. The van der Waals surface area contributed by atoms with Crippen LogP contribution in [0.25, 0.3) is 0 Å². The molecule has 1 aromatic heterocycles. The fourth-order valence-electron chi connectivity index (χ4n) is 3.28. The minimum atomic E-state index is -3.78. The number of nitrogen functional groups attached to an aromatic ring is 1. The van der Waals surface area contributed by atoms with E-state index in [4.69, 9.17) is 22.2 Å². The molecule has 12 heteroatoms. The van der Waals surface area contributed by atoms with Gasteiger partial charge in [0, 0.05) is 19.3 Å². The molecule has 1 aliphatic heterocycles. The van der Waals surface area contributed by atoms with Crippen molar-refractivity contribution >= 4 is 33.2 Å². The Kier molecular flexibility index (Phi) is 8.38. The summed E-state index contributed by atoms with van der Waals surface area (Å²) in [7, 11) is -3.78. The molecule has 3 N–H and O–H groups in total. The molecule has 0 radical (unpaired) electrons. The monoisotopic (exact) mass is 485 g/mol. The van der Waals surface area contributed by atoms with Gasteiger partial charge in [0.2, 0.25) is 10.0 Å². The maximum atomic E-state index is 13.7. The molecular formula is C20H25ClFN5O4S. The van der Waals surface area contributed by atoms with E-state index in [9.17, 15) is 17.6 Å². The predicted octanol–water partition coefficient (Wildman–Crippen LogP) is 1.54. The number of sulfonamides is 1. The quantitative estimate of drug-likeness (QED) is 0.314. The lowest BCUT2D eigenvalue weighted by atomic mass is 10.2. The lowest BCUT2D eigenvalue weighted by molar-refractivity contribution is 0.0381. The van der Waals surface area contributed by atoms with Gasteiger partial charge in [-0.05, 0) is 43.3 Å². The number of hydrogen-bond acceptors (Lipinski definition) is 7. The fourth-order valence-corrected chi connectivity index (χ4v) is 4.93. The average Bonchev–Trinajstić information content (AvgIpc) is 2.80. The van der Waals surface area contributed by atoms with E-state index in [-0.39, 0.29) is 28.6 Å². The number of anilines is 1. The number of nitrogens with one attached hydrogen (secondary N) is 1. The first-order valence-electron chi connectivity index (χ1n) is 10.0. The maximum absolute atomic E-state index is 13.7. The number of carbonyl (C=O) groups is 1. The van der Waals surface area contributed by atoms with Gasteiger partial charge in [0.25, 0.3) is 5.91 Å². The molecule has 0 atom stereocenters. The van der Waals surface area contributed by atoms with Crippen LogP contribution in [0.1, 0.15) is 22.5 Å². The summed E-state index contributed by atoms with van der Waals surface area (Å²) in [6.45, 7) is 3.33. The summed E-state index contributed by atoms with van der Waals surface area (Å²) in [6.07, 6.45) is 1.73. The molecule has 0 spiro atoms. The van der Waals surface area contributed by atoms with Gasteiger partial charge in [0.05, 0.1) is 47.5 Å². The van der Waals surface area contributed by atoms with Gasteiger partial charge in [-0.25, -0.2) is 18.7 Å². The summed E-state index contributed by atoms with van der Waals surface area (Å²) >= 11 is 5.90. The molecule has 1 saturated heterocycles. The van der Waals surface area contributed by atoms with Gasteiger partial charge in [0.1, 0.15) is 5.82 Å². The van der Waals surface area contributed by atoms with Gasteiger partial charge in [-0.2, -0.15) is 0 Å². The third-order valence-corrected chi connectivity index (χ3v) is 7.14. The molecule has 0 unspecified atom stereocenters. The molecule has 9 nitrogen and oxygen atoms in total. The van der Waals surface area contributed by atoms with Gasteiger partial charge >= 0.3 is 0 Å². The zero-order valence-corrected chi connectivity index (χ0v) is 18.9. The van der Waals surface area contributed by atoms with Crippen molar-refractivity contribution in [2.24, 2.45) is 5.84 Å². The van der Waals surface area contributed by atoms with Crippen LogP contribution in [0.2, 0.25) is 5.02 Å². The molecule has 32 heavy (non-hydrogen) atoms. The van der Waals surface area contributed by atoms with E-state index in [0.717, 1.165) is 23.5 Å². The predicted molar refractivity (Wildman–Crippen MR) is 119 cm³/mol. The van der Waals surface area contributed by atoms with E-state index in [1.165, 1.54) is 30.5 Å². The highest BCUT2D eigenvalue weighted by molar-refractivity contribution is 7.92.